The molecule has 2 aromatic rings. The van der Waals surface area contributed by atoms with Crippen LogP contribution < -0.4 is 11.3 Å². The summed E-state index contributed by atoms with van der Waals surface area (Å²) in [5.41, 5.74) is 4.00. The predicted molar refractivity (Wildman–Crippen MR) is 69.4 cm³/mol. The van der Waals surface area contributed by atoms with E-state index in [2.05, 4.69) is 10.4 Å². The van der Waals surface area contributed by atoms with Gasteiger partial charge in [-0.25, -0.2) is 4.39 Å². The van der Waals surface area contributed by atoms with Crippen LogP contribution in [0.5, 0.6) is 0 Å². The molecule has 94 valence electrons. The number of halogens is 2. The number of hydrazine groups is 1. The van der Waals surface area contributed by atoms with E-state index in [1.807, 2.05) is 18.2 Å². The van der Waals surface area contributed by atoms with Crippen LogP contribution in [0.2, 0.25) is 5.02 Å². The lowest BCUT2D eigenvalue weighted by Gasteiger charge is -2.17. The molecule has 1 unspecified atom stereocenters. The van der Waals surface area contributed by atoms with E-state index < -0.39 is 0 Å². The molecule has 2 rings (SSSR count). The van der Waals surface area contributed by atoms with Gasteiger partial charge in [0.1, 0.15) is 5.82 Å². The third kappa shape index (κ3) is 2.85. The summed E-state index contributed by atoms with van der Waals surface area (Å²) in [7, 11) is 0. The summed E-state index contributed by atoms with van der Waals surface area (Å²) in [6.45, 7) is 0. The molecule has 0 aliphatic rings. The molecule has 0 fully saturated rings. The van der Waals surface area contributed by atoms with Crippen LogP contribution >= 0.6 is 11.6 Å². The lowest BCUT2D eigenvalue weighted by atomic mass is 10.00. The Labute approximate surface area is 110 Å². The third-order valence-electron chi connectivity index (χ3n) is 2.76. The van der Waals surface area contributed by atoms with E-state index in [4.69, 9.17) is 17.4 Å². The topological polar surface area (TPSA) is 50.9 Å². The Bertz CT molecular complexity index is 533. The second kappa shape index (κ2) is 5.91. The molecule has 1 aromatic heterocycles. The minimum Gasteiger partial charge on any atom is -0.271 e. The number of rotatable bonds is 4. The zero-order valence-corrected chi connectivity index (χ0v) is 10.4. The molecule has 0 aliphatic carbocycles. The summed E-state index contributed by atoms with van der Waals surface area (Å²) in [6.07, 6.45) is 3.22. The van der Waals surface area contributed by atoms with Gasteiger partial charge in [0.05, 0.1) is 12.2 Å². The van der Waals surface area contributed by atoms with Crippen LogP contribution in [0.25, 0.3) is 0 Å². The van der Waals surface area contributed by atoms with E-state index in [9.17, 15) is 4.39 Å². The van der Waals surface area contributed by atoms with Crippen molar-refractivity contribution in [3.05, 3.63) is 64.7 Å². The molecule has 1 atom stereocenters. The van der Waals surface area contributed by atoms with Gasteiger partial charge in [-0.05, 0) is 24.1 Å². The molecular formula is C13H13ClFN3. The lowest BCUT2D eigenvalue weighted by Crippen LogP contribution is -2.30. The van der Waals surface area contributed by atoms with Crippen LogP contribution in [0.4, 0.5) is 4.39 Å². The number of nitrogens with zero attached hydrogens (tertiary/aromatic N) is 1. The number of hydrogen-bond donors (Lipinski definition) is 2. The first-order chi connectivity index (χ1) is 8.72. The largest absolute Gasteiger partial charge is 0.271 e. The van der Waals surface area contributed by atoms with E-state index in [0.717, 1.165) is 5.56 Å². The third-order valence-corrected chi connectivity index (χ3v) is 3.13. The maximum atomic E-state index is 13.6. The van der Waals surface area contributed by atoms with Gasteiger partial charge in [0.15, 0.2) is 0 Å². The van der Waals surface area contributed by atoms with Crippen molar-refractivity contribution in [2.75, 3.05) is 0 Å². The van der Waals surface area contributed by atoms with Crippen LogP contribution in [0.15, 0.2) is 42.7 Å². The van der Waals surface area contributed by atoms with Gasteiger partial charge in [0.25, 0.3) is 0 Å². The fourth-order valence-electron chi connectivity index (χ4n) is 1.81. The molecule has 0 spiro atoms. The molecule has 0 aliphatic heterocycles. The quantitative estimate of drug-likeness (QED) is 0.660. The standard InChI is InChI=1S/C13H13ClFN3/c14-11-4-2-1-3-9(11)7-13(18-16)10-5-6-17-8-12(10)15/h1-6,8,13,18H,7,16H2. The Balaban J connectivity index is 2.26. The normalized spacial score (nSPS) is 12.4. The van der Waals surface area contributed by atoms with Crippen LogP contribution in [-0.2, 0) is 6.42 Å². The first-order valence-corrected chi connectivity index (χ1v) is 5.89. The number of benzene rings is 1. The number of nitrogens with two attached hydrogens (primary N) is 1. The highest BCUT2D eigenvalue weighted by Crippen LogP contribution is 2.24. The average molecular weight is 266 g/mol. The van der Waals surface area contributed by atoms with Crippen molar-refractivity contribution < 1.29 is 4.39 Å². The number of aromatic nitrogens is 1. The Kier molecular flexibility index (Phi) is 4.25. The van der Waals surface area contributed by atoms with E-state index in [0.29, 0.717) is 17.0 Å². The minimum atomic E-state index is -0.382. The van der Waals surface area contributed by atoms with Gasteiger partial charge in [-0.3, -0.25) is 16.3 Å². The Morgan fingerprint density at radius 3 is 2.78 bits per heavy atom. The summed E-state index contributed by atoms with van der Waals surface area (Å²) in [5.74, 6) is 5.11. The second-order valence-corrected chi connectivity index (χ2v) is 4.32. The van der Waals surface area contributed by atoms with Crippen molar-refractivity contribution in [3.8, 4) is 0 Å². The smallest absolute Gasteiger partial charge is 0.146 e. The summed E-state index contributed by atoms with van der Waals surface area (Å²) in [6, 6.07) is 8.70. The van der Waals surface area contributed by atoms with Gasteiger partial charge in [-0.2, -0.15) is 0 Å². The molecule has 3 N–H and O–H groups in total. The second-order valence-electron chi connectivity index (χ2n) is 3.91. The van der Waals surface area contributed by atoms with Crippen molar-refractivity contribution in [2.24, 2.45) is 5.84 Å². The molecular weight excluding hydrogens is 253 g/mol. The molecule has 0 saturated heterocycles. The Hall–Kier alpha value is -1.49. The Morgan fingerprint density at radius 1 is 1.33 bits per heavy atom. The minimum absolute atomic E-state index is 0.340. The number of hydrogen-bond acceptors (Lipinski definition) is 3. The van der Waals surface area contributed by atoms with Crippen molar-refractivity contribution in [1.29, 1.82) is 0 Å². The van der Waals surface area contributed by atoms with Gasteiger partial charge in [0.2, 0.25) is 0 Å². The molecule has 0 amide bonds. The monoisotopic (exact) mass is 265 g/mol. The van der Waals surface area contributed by atoms with Crippen molar-refractivity contribution in [3.63, 3.8) is 0 Å². The Morgan fingerprint density at radius 2 is 2.11 bits per heavy atom. The van der Waals surface area contributed by atoms with Crippen molar-refractivity contribution in [2.45, 2.75) is 12.5 Å². The van der Waals surface area contributed by atoms with Crippen LogP contribution in [0.3, 0.4) is 0 Å². The molecule has 0 bridgehead atoms. The summed E-state index contributed by atoms with van der Waals surface area (Å²) < 4.78 is 13.6. The number of pyridine rings is 1. The molecule has 5 heteroatoms. The predicted octanol–water partition coefficient (Wildman–Crippen LogP) is 2.62. The molecule has 18 heavy (non-hydrogen) atoms. The summed E-state index contributed by atoms with van der Waals surface area (Å²) in [4.78, 5) is 3.72. The van der Waals surface area contributed by atoms with Crippen molar-refractivity contribution in [1.82, 2.24) is 10.4 Å². The van der Waals surface area contributed by atoms with Gasteiger partial charge < -0.3 is 0 Å². The van der Waals surface area contributed by atoms with E-state index in [1.165, 1.54) is 12.4 Å². The first kappa shape index (κ1) is 13.0. The fraction of sp³-hybridized carbons (Fsp3) is 0.154. The highest BCUT2D eigenvalue weighted by molar-refractivity contribution is 6.31. The van der Waals surface area contributed by atoms with Crippen LogP contribution in [0, 0.1) is 5.82 Å². The summed E-state index contributed by atoms with van der Waals surface area (Å²) >= 11 is 6.08. The van der Waals surface area contributed by atoms with E-state index >= 15 is 0 Å². The molecule has 0 radical (unpaired) electrons. The van der Waals surface area contributed by atoms with E-state index in [-0.39, 0.29) is 11.9 Å². The lowest BCUT2D eigenvalue weighted by molar-refractivity contribution is 0.508. The highest BCUT2D eigenvalue weighted by atomic mass is 35.5. The molecule has 1 aromatic carbocycles. The number of nitrogens with one attached hydrogen (secondary N) is 1. The maximum Gasteiger partial charge on any atom is 0.146 e. The SMILES string of the molecule is NNC(Cc1ccccc1Cl)c1ccncc1F. The van der Waals surface area contributed by atoms with Gasteiger partial charge in [-0.15, -0.1) is 0 Å². The first-order valence-electron chi connectivity index (χ1n) is 5.51. The fourth-order valence-corrected chi connectivity index (χ4v) is 2.02. The molecule has 3 nitrogen and oxygen atoms in total. The summed E-state index contributed by atoms with van der Waals surface area (Å²) in [5, 5.41) is 0.646. The zero-order valence-electron chi connectivity index (χ0n) is 9.61. The van der Waals surface area contributed by atoms with Crippen LogP contribution in [0.1, 0.15) is 17.2 Å². The van der Waals surface area contributed by atoms with Crippen molar-refractivity contribution >= 4 is 11.6 Å². The maximum absolute atomic E-state index is 13.6. The average Bonchev–Trinajstić information content (AvgIpc) is 2.39. The molecule has 1 heterocycles. The molecule has 0 saturated carbocycles. The van der Waals surface area contributed by atoms with Crippen LogP contribution in [-0.4, -0.2) is 4.98 Å². The van der Waals surface area contributed by atoms with E-state index in [1.54, 1.807) is 12.1 Å². The van der Waals surface area contributed by atoms with Gasteiger partial charge >= 0.3 is 0 Å². The van der Waals surface area contributed by atoms with Gasteiger partial charge in [0, 0.05) is 16.8 Å². The zero-order chi connectivity index (χ0) is 13.0. The highest BCUT2D eigenvalue weighted by Gasteiger charge is 2.15. The van der Waals surface area contributed by atoms with Gasteiger partial charge in [-0.1, -0.05) is 29.8 Å².